The Morgan fingerprint density at radius 3 is 2.67 bits per heavy atom. The van der Waals surface area contributed by atoms with Crippen LogP contribution < -0.4 is 0 Å². The number of benzene rings is 1. The van der Waals surface area contributed by atoms with Crippen molar-refractivity contribution in [1.29, 1.82) is 5.26 Å². The molecule has 0 unspecified atom stereocenters. The molecule has 96 valence electrons. The summed E-state index contributed by atoms with van der Waals surface area (Å²) in [6.45, 7) is 1.62. The van der Waals surface area contributed by atoms with Crippen molar-refractivity contribution < 1.29 is 22.7 Å². The second kappa shape index (κ2) is 6.05. The molecule has 1 aromatic carbocycles. The van der Waals surface area contributed by atoms with Gasteiger partial charge >= 0.3 is 5.97 Å². The Morgan fingerprint density at radius 2 is 2.17 bits per heavy atom. The van der Waals surface area contributed by atoms with E-state index < -0.39 is 35.8 Å². The van der Waals surface area contributed by atoms with Crippen LogP contribution in [0.2, 0.25) is 0 Å². The molecule has 0 aliphatic rings. The molecule has 0 bridgehead atoms. The maximum atomic E-state index is 13.5. The van der Waals surface area contributed by atoms with Crippen molar-refractivity contribution in [1.82, 2.24) is 0 Å². The van der Waals surface area contributed by atoms with E-state index in [9.17, 15) is 18.0 Å². The smallest absolute Gasteiger partial charge is 0.310 e. The van der Waals surface area contributed by atoms with Gasteiger partial charge in [0.05, 0.1) is 24.7 Å². The van der Waals surface area contributed by atoms with E-state index in [2.05, 4.69) is 4.74 Å². The summed E-state index contributed by atoms with van der Waals surface area (Å²) < 4.78 is 43.7. The van der Waals surface area contributed by atoms with Crippen LogP contribution in [0.25, 0.3) is 0 Å². The van der Waals surface area contributed by atoms with Gasteiger partial charge in [0.15, 0.2) is 0 Å². The molecule has 18 heavy (non-hydrogen) atoms. The minimum Gasteiger partial charge on any atom is -0.466 e. The van der Waals surface area contributed by atoms with Gasteiger partial charge in [0, 0.05) is 11.1 Å². The van der Waals surface area contributed by atoms with Gasteiger partial charge < -0.3 is 4.74 Å². The van der Waals surface area contributed by atoms with Gasteiger partial charge in [-0.15, -0.1) is 0 Å². The minimum atomic E-state index is -3.03. The molecule has 0 radical (unpaired) electrons. The quantitative estimate of drug-likeness (QED) is 0.779. The predicted molar refractivity (Wildman–Crippen MR) is 56.4 cm³/mol. The number of halogens is 3. The SMILES string of the molecule is CCOC(=O)Cc1c(F)ccc(C#N)c1C(F)F. The number of alkyl halides is 2. The number of nitrogens with zero attached hydrogens (tertiary/aromatic N) is 1. The topological polar surface area (TPSA) is 50.1 Å². The number of carbonyl (C=O) groups is 1. The first-order chi connectivity index (χ1) is 8.51. The van der Waals surface area contributed by atoms with Crippen molar-refractivity contribution in [2.24, 2.45) is 0 Å². The van der Waals surface area contributed by atoms with E-state index in [1.807, 2.05) is 0 Å². The largest absolute Gasteiger partial charge is 0.466 e. The zero-order valence-electron chi connectivity index (χ0n) is 9.54. The van der Waals surface area contributed by atoms with Crippen LogP contribution >= 0.6 is 0 Å². The molecule has 1 rings (SSSR count). The Labute approximate surface area is 102 Å². The van der Waals surface area contributed by atoms with Crippen LogP contribution in [0, 0.1) is 17.1 Å². The van der Waals surface area contributed by atoms with Gasteiger partial charge in [-0.2, -0.15) is 5.26 Å². The van der Waals surface area contributed by atoms with Crippen molar-refractivity contribution in [2.75, 3.05) is 6.61 Å². The molecule has 0 amide bonds. The van der Waals surface area contributed by atoms with Crippen molar-refractivity contribution in [3.05, 3.63) is 34.6 Å². The van der Waals surface area contributed by atoms with Crippen LogP contribution in [-0.2, 0) is 16.0 Å². The fourth-order valence-electron chi connectivity index (χ4n) is 1.52. The standard InChI is InChI=1S/C12H10F3NO2/c1-2-18-10(17)5-8-9(13)4-3-7(6-16)11(8)12(14)15/h3-4,12H,2,5H2,1H3. The molecule has 0 aliphatic carbocycles. The molecule has 6 heteroatoms. The Balaban J connectivity index is 3.24. The molecule has 0 aromatic heterocycles. The molecular formula is C12H10F3NO2. The highest BCUT2D eigenvalue weighted by Crippen LogP contribution is 2.29. The van der Waals surface area contributed by atoms with Crippen LogP contribution in [0.15, 0.2) is 12.1 Å². The number of esters is 1. The molecule has 0 saturated carbocycles. The summed E-state index contributed by atoms with van der Waals surface area (Å²) >= 11 is 0. The summed E-state index contributed by atoms with van der Waals surface area (Å²) in [5, 5.41) is 8.70. The summed E-state index contributed by atoms with van der Waals surface area (Å²) in [4.78, 5) is 11.2. The third kappa shape index (κ3) is 3.00. The molecule has 0 atom stereocenters. The van der Waals surface area contributed by atoms with E-state index in [-0.39, 0.29) is 12.2 Å². The molecule has 0 saturated heterocycles. The van der Waals surface area contributed by atoms with Gasteiger partial charge in [-0.25, -0.2) is 13.2 Å². The lowest BCUT2D eigenvalue weighted by atomic mass is 9.99. The van der Waals surface area contributed by atoms with E-state index in [0.717, 1.165) is 12.1 Å². The first kappa shape index (κ1) is 14.0. The van der Waals surface area contributed by atoms with Crippen molar-refractivity contribution >= 4 is 5.97 Å². The average Bonchev–Trinajstić information content (AvgIpc) is 2.31. The van der Waals surface area contributed by atoms with E-state index in [1.54, 1.807) is 13.0 Å². The summed E-state index contributed by atoms with van der Waals surface area (Å²) in [5.74, 6) is -1.76. The second-order valence-electron chi connectivity index (χ2n) is 3.38. The summed E-state index contributed by atoms with van der Waals surface area (Å²) in [7, 11) is 0. The third-order valence-electron chi connectivity index (χ3n) is 2.27. The highest BCUT2D eigenvalue weighted by atomic mass is 19.3. The highest BCUT2D eigenvalue weighted by molar-refractivity contribution is 5.73. The van der Waals surface area contributed by atoms with E-state index >= 15 is 0 Å². The lowest BCUT2D eigenvalue weighted by Gasteiger charge is -2.11. The maximum absolute atomic E-state index is 13.5. The summed E-state index contributed by atoms with van der Waals surface area (Å²) in [6.07, 6.45) is -3.64. The molecule has 0 spiro atoms. The summed E-state index contributed by atoms with van der Waals surface area (Å²) in [6, 6.07) is 3.40. The Kier molecular flexibility index (Phi) is 4.72. The number of hydrogen-bond acceptors (Lipinski definition) is 3. The predicted octanol–water partition coefficient (Wildman–Crippen LogP) is 2.74. The molecule has 0 heterocycles. The zero-order chi connectivity index (χ0) is 13.7. The number of nitriles is 1. The van der Waals surface area contributed by atoms with Gasteiger partial charge in [-0.3, -0.25) is 4.79 Å². The Hall–Kier alpha value is -2.03. The van der Waals surface area contributed by atoms with Crippen LogP contribution in [0.3, 0.4) is 0 Å². The number of ether oxygens (including phenoxy) is 1. The third-order valence-corrected chi connectivity index (χ3v) is 2.27. The summed E-state index contributed by atoms with van der Waals surface area (Å²) in [5.41, 5.74) is -1.57. The fraction of sp³-hybridized carbons (Fsp3) is 0.333. The van der Waals surface area contributed by atoms with E-state index in [4.69, 9.17) is 5.26 Å². The fourth-order valence-corrected chi connectivity index (χ4v) is 1.52. The van der Waals surface area contributed by atoms with Gasteiger partial charge in [-0.1, -0.05) is 0 Å². The van der Waals surface area contributed by atoms with Crippen molar-refractivity contribution in [3.63, 3.8) is 0 Å². The average molecular weight is 257 g/mol. The van der Waals surface area contributed by atoms with E-state index in [0.29, 0.717) is 0 Å². The van der Waals surface area contributed by atoms with Crippen LogP contribution in [0.5, 0.6) is 0 Å². The van der Waals surface area contributed by atoms with Crippen molar-refractivity contribution in [3.8, 4) is 6.07 Å². The molecule has 1 aromatic rings. The molecule has 0 fully saturated rings. The van der Waals surface area contributed by atoms with Gasteiger partial charge in [0.2, 0.25) is 0 Å². The number of rotatable bonds is 4. The van der Waals surface area contributed by atoms with Gasteiger partial charge in [0.1, 0.15) is 5.82 Å². The molecular weight excluding hydrogens is 247 g/mol. The monoisotopic (exact) mass is 257 g/mol. The molecule has 3 nitrogen and oxygen atoms in total. The zero-order valence-corrected chi connectivity index (χ0v) is 9.54. The van der Waals surface area contributed by atoms with Crippen LogP contribution in [-0.4, -0.2) is 12.6 Å². The normalized spacial score (nSPS) is 10.2. The van der Waals surface area contributed by atoms with Crippen LogP contribution in [0.1, 0.15) is 30.0 Å². The first-order valence-electron chi connectivity index (χ1n) is 5.16. The highest BCUT2D eigenvalue weighted by Gasteiger charge is 2.23. The lowest BCUT2D eigenvalue weighted by molar-refractivity contribution is -0.142. The lowest BCUT2D eigenvalue weighted by Crippen LogP contribution is -2.12. The van der Waals surface area contributed by atoms with Crippen molar-refractivity contribution in [2.45, 2.75) is 19.8 Å². The molecule has 0 aliphatic heterocycles. The Bertz CT molecular complexity index is 495. The maximum Gasteiger partial charge on any atom is 0.310 e. The number of hydrogen-bond donors (Lipinski definition) is 0. The first-order valence-corrected chi connectivity index (χ1v) is 5.16. The van der Waals surface area contributed by atoms with Gasteiger partial charge in [0.25, 0.3) is 6.43 Å². The minimum absolute atomic E-state index is 0.0718. The van der Waals surface area contributed by atoms with Gasteiger partial charge in [-0.05, 0) is 19.1 Å². The van der Waals surface area contributed by atoms with Crippen LogP contribution in [0.4, 0.5) is 13.2 Å². The Morgan fingerprint density at radius 1 is 1.50 bits per heavy atom. The second-order valence-corrected chi connectivity index (χ2v) is 3.38. The van der Waals surface area contributed by atoms with E-state index in [1.165, 1.54) is 0 Å². The molecule has 0 N–H and O–H groups in total. The number of carbonyl (C=O) groups excluding carboxylic acids is 1.